The van der Waals surface area contributed by atoms with Gasteiger partial charge in [-0.15, -0.1) is 24.0 Å². The number of nitrogens with zero attached hydrogens (tertiary/aromatic N) is 3. The van der Waals surface area contributed by atoms with Gasteiger partial charge < -0.3 is 19.7 Å². The number of benzene rings is 3. The van der Waals surface area contributed by atoms with E-state index in [2.05, 4.69) is 5.32 Å². The number of Topliss-reactive ketones (excluding diaryl/α,β-unsaturated/α-hetero) is 2. The highest BCUT2D eigenvalue weighted by atomic mass is 127. The number of amides is 2. The smallest absolute Gasteiger partial charge is 0.299 e. The molecule has 1 N–H and O–H groups in total. The molecule has 0 saturated carbocycles. The van der Waals surface area contributed by atoms with Crippen LogP contribution in [0.3, 0.4) is 0 Å². The predicted octanol–water partition coefficient (Wildman–Crippen LogP) is 3.32. The van der Waals surface area contributed by atoms with E-state index in [4.69, 9.17) is 9.47 Å². The van der Waals surface area contributed by atoms with Crippen molar-refractivity contribution in [2.24, 2.45) is 0 Å². The molecule has 0 bridgehead atoms. The summed E-state index contributed by atoms with van der Waals surface area (Å²) in [7, 11) is -4.48. The van der Waals surface area contributed by atoms with Crippen LogP contribution in [0, 0.1) is 0 Å². The summed E-state index contributed by atoms with van der Waals surface area (Å²) >= 11 is 0. The molecule has 4 aliphatic heterocycles. The van der Waals surface area contributed by atoms with Gasteiger partial charge in [0.1, 0.15) is 12.4 Å². The summed E-state index contributed by atoms with van der Waals surface area (Å²) in [5, 5.41) is 2.41. The molecule has 14 nitrogen and oxygen atoms in total. The number of sulfonamides is 2. The van der Waals surface area contributed by atoms with Crippen LogP contribution in [0.1, 0.15) is 46.4 Å². The van der Waals surface area contributed by atoms with E-state index in [9.17, 15) is 36.0 Å². The van der Waals surface area contributed by atoms with E-state index in [0.717, 1.165) is 19.3 Å². The van der Waals surface area contributed by atoms with Gasteiger partial charge in [-0.3, -0.25) is 19.2 Å². The summed E-state index contributed by atoms with van der Waals surface area (Å²) in [6.07, 6.45) is 2.97. The third kappa shape index (κ3) is 7.45. The van der Waals surface area contributed by atoms with Gasteiger partial charge >= 0.3 is 0 Å². The molecule has 51 heavy (non-hydrogen) atoms. The topological polar surface area (TPSA) is 177 Å². The maximum Gasteiger partial charge on any atom is 0.299 e. The lowest BCUT2D eigenvalue weighted by atomic mass is 10.1. The van der Waals surface area contributed by atoms with Gasteiger partial charge in [0, 0.05) is 33.3 Å². The van der Waals surface area contributed by atoms with Gasteiger partial charge in [-0.1, -0.05) is 18.2 Å². The maximum absolute atomic E-state index is 13.2. The Hall–Kier alpha value is -3.75. The standard InChI is InChI=1S/C20H20N2O5S.C14H16N2O5S.HI/c1-21-18-10-9-16(12-17(18)19(23)20(21)24)28(25,26)22-11-5-6-14(22)13-27-15-7-3-2-4-8-15;1-21-8-9-3-2-6-16(9)22(19,20)10-4-5-12-11(7-10)13(17)14(18)15-12;/h2-4,7-10,12,14H,5-6,11,13H2,1H3;4-5,7,9H,2-3,6,8H2,1H3,(H,15,17,18);1H/t14-;9-;/m00./s1. The molecule has 7 rings (SSSR count). The van der Waals surface area contributed by atoms with Gasteiger partial charge in [0.25, 0.3) is 23.4 Å². The number of hydrogen-bond acceptors (Lipinski definition) is 10. The number of halogens is 1. The summed E-state index contributed by atoms with van der Waals surface area (Å²) in [4.78, 5) is 48.3. The number of anilines is 2. The summed E-state index contributed by atoms with van der Waals surface area (Å²) in [5.41, 5.74) is 1.02. The van der Waals surface area contributed by atoms with Gasteiger partial charge in [0.2, 0.25) is 20.0 Å². The van der Waals surface area contributed by atoms with Crippen LogP contribution in [0.2, 0.25) is 0 Å². The largest absolute Gasteiger partial charge is 0.492 e. The van der Waals surface area contributed by atoms with Crippen molar-refractivity contribution >= 4 is 78.8 Å². The minimum absolute atomic E-state index is 0. The fourth-order valence-electron chi connectivity index (χ4n) is 6.57. The predicted molar refractivity (Wildman–Crippen MR) is 197 cm³/mol. The van der Waals surface area contributed by atoms with E-state index < -0.39 is 43.4 Å². The monoisotopic (exact) mass is 852 g/mol. The first kappa shape index (κ1) is 38.5. The highest BCUT2D eigenvalue weighted by Crippen LogP contribution is 2.34. The van der Waals surface area contributed by atoms with Crippen molar-refractivity contribution in [3.8, 4) is 5.75 Å². The molecule has 0 unspecified atom stereocenters. The second-order valence-electron chi connectivity index (χ2n) is 12.3. The third-order valence-corrected chi connectivity index (χ3v) is 13.1. The van der Waals surface area contributed by atoms with Gasteiger partial charge in [-0.05, 0) is 74.2 Å². The van der Waals surface area contributed by atoms with Crippen LogP contribution in [0.4, 0.5) is 11.4 Å². The van der Waals surface area contributed by atoms with Crippen molar-refractivity contribution in [2.75, 3.05) is 50.7 Å². The van der Waals surface area contributed by atoms with E-state index in [0.29, 0.717) is 43.2 Å². The fourth-order valence-corrected chi connectivity index (χ4v) is 9.98. The van der Waals surface area contributed by atoms with E-state index in [1.165, 1.54) is 64.1 Å². The van der Waals surface area contributed by atoms with Crippen molar-refractivity contribution in [3.63, 3.8) is 0 Å². The van der Waals surface area contributed by atoms with Crippen molar-refractivity contribution in [3.05, 3.63) is 77.9 Å². The Morgan fingerprint density at radius 3 is 1.92 bits per heavy atom. The molecule has 0 aromatic heterocycles. The molecule has 0 radical (unpaired) electrons. The highest BCUT2D eigenvalue weighted by molar-refractivity contribution is 14.0. The zero-order valence-corrected chi connectivity index (χ0v) is 31.8. The molecular weight excluding hydrogens is 815 g/mol. The quantitative estimate of drug-likeness (QED) is 0.248. The molecule has 272 valence electrons. The van der Waals surface area contributed by atoms with E-state index in [1.54, 1.807) is 0 Å². The van der Waals surface area contributed by atoms with Gasteiger partial charge in [-0.25, -0.2) is 16.8 Å². The van der Waals surface area contributed by atoms with Crippen molar-refractivity contribution in [1.29, 1.82) is 0 Å². The van der Waals surface area contributed by atoms with Gasteiger partial charge in [0.05, 0.1) is 44.9 Å². The van der Waals surface area contributed by atoms with Crippen LogP contribution < -0.4 is 15.0 Å². The molecule has 0 spiro atoms. The number of ether oxygens (including phenoxy) is 2. The van der Waals surface area contributed by atoms with Gasteiger partial charge in [-0.2, -0.15) is 8.61 Å². The SMILES string of the molecule is CN1C(=O)C(=O)c2cc(S(=O)(=O)N3CCC[C@H]3COc3ccccc3)ccc21.COC[C@@H]1CCCN1S(=O)(=O)c1ccc2c(c1)C(=O)C(=O)N2.I. The second-order valence-corrected chi connectivity index (χ2v) is 16.0. The lowest BCUT2D eigenvalue weighted by molar-refractivity contribution is -0.114. The molecule has 2 saturated heterocycles. The Balaban J connectivity index is 0.000000199. The number of para-hydroxylation sites is 1. The number of carbonyl (C=O) groups is 4. The molecule has 2 fully saturated rings. The average Bonchev–Trinajstić information content (AvgIpc) is 3.90. The number of fused-ring (bicyclic) bond motifs is 2. The molecule has 3 aromatic rings. The molecule has 3 aromatic carbocycles. The fraction of sp³-hybridized carbons (Fsp3) is 0.353. The maximum atomic E-state index is 13.2. The Morgan fingerprint density at radius 2 is 1.31 bits per heavy atom. The molecular formula is C34H37IN4O10S2. The van der Waals surface area contributed by atoms with Gasteiger partial charge in [0.15, 0.2) is 0 Å². The van der Waals surface area contributed by atoms with Crippen LogP contribution >= 0.6 is 24.0 Å². The number of likely N-dealkylation sites (N-methyl/N-ethyl adjacent to an activating group) is 1. The molecule has 4 heterocycles. The zero-order valence-electron chi connectivity index (χ0n) is 27.8. The van der Waals surface area contributed by atoms with Crippen LogP contribution in [0.15, 0.2) is 76.5 Å². The number of carbonyl (C=O) groups excluding carboxylic acids is 4. The second kappa shape index (κ2) is 15.5. The van der Waals surface area contributed by atoms with E-state index in [-0.39, 0.29) is 63.6 Å². The molecule has 2 amide bonds. The molecule has 4 aliphatic rings. The Kier molecular flexibility index (Phi) is 11.7. The number of rotatable bonds is 9. The highest BCUT2D eigenvalue weighted by Gasteiger charge is 2.40. The minimum Gasteiger partial charge on any atom is -0.492 e. The number of ketones is 2. The van der Waals surface area contributed by atoms with E-state index >= 15 is 0 Å². The minimum atomic E-state index is -3.80. The first-order valence-corrected chi connectivity index (χ1v) is 18.9. The Labute approximate surface area is 313 Å². The normalized spacial score (nSPS) is 20.4. The summed E-state index contributed by atoms with van der Waals surface area (Å²) in [5.74, 6) is -2.08. The van der Waals surface area contributed by atoms with Crippen molar-refractivity contribution < 1.29 is 45.5 Å². The van der Waals surface area contributed by atoms with Crippen molar-refractivity contribution in [2.45, 2.75) is 47.6 Å². The Bertz CT molecular complexity index is 2080. The lowest BCUT2D eigenvalue weighted by Gasteiger charge is -2.24. The Morgan fingerprint density at radius 1 is 0.745 bits per heavy atom. The van der Waals surface area contributed by atoms with Crippen LogP contribution in [-0.4, -0.2) is 101 Å². The summed E-state index contributed by atoms with van der Waals surface area (Å²) < 4.78 is 65.6. The lowest BCUT2D eigenvalue weighted by Crippen LogP contribution is -2.39. The zero-order chi connectivity index (χ0) is 35.8. The molecule has 0 aliphatic carbocycles. The first-order valence-electron chi connectivity index (χ1n) is 16.0. The first-order chi connectivity index (χ1) is 23.8. The summed E-state index contributed by atoms with van der Waals surface area (Å²) in [6, 6.07) is 17.2. The van der Waals surface area contributed by atoms with Crippen LogP contribution in [0.25, 0.3) is 0 Å². The third-order valence-electron chi connectivity index (χ3n) is 9.17. The molecule has 17 heteroatoms. The number of methoxy groups -OCH3 is 1. The van der Waals surface area contributed by atoms with Crippen LogP contribution in [-0.2, 0) is 34.4 Å². The number of hydrogen-bond donors (Lipinski definition) is 1. The van der Waals surface area contributed by atoms with Crippen molar-refractivity contribution in [1.82, 2.24) is 8.61 Å². The van der Waals surface area contributed by atoms with E-state index in [1.807, 2.05) is 30.3 Å². The molecule has 2 atom stereocenters. The average molecular weight is 853 g/mol. The van der Waals surface area contributed by atoms with Crippen LogP contribution in [0.5, 0.6) is 5.75 Å². The number of nitrogens with one attached hydrogen (secondary N) is 1. The summed E-state index contributed by atoms with van der Waals surface area (Å²) in [6.45, 7) is 1.42.